The van der Waals surface area contributed by atoms with Crippen molar-refractivity contribution in [3.8, 4) is 0 Å². The average molecular weight is 398 g/mol. The van der Waals surface area contributed by atoms with Gasteiger partial charge < -0.3 is 15.2 Å². The lowest BCUT2D eigenvalue weighted by Gasteiger charge is -2.20. The molecule has 0 aromatic heterocycles. The zero-order chi connectivity index (χ0) is 19.5. The molecule has 2 aromatic rings. The Balaban J connectivity index is 0.000000431. The molecule has 0 unspecified atom stereocenters. The molecule has 1 aliphatic rings. The van der Waals surface area contributed by atoms with Gasteiger partial charge >= 0.3 is 0 Å². The Morgan fingerprint density at radius 2 is 1.81 bits per heavy atom. The SMILES string of the molecule is CCCc1cc2c(cc1N)Sc1cc(N(C)C)ccc1[NH2+]2.O=S(=O)([O-])O. The highest BCUT2D eigenvalue weighted by molar-refractivity contribution is 7.99. The highest BCUT2D eigenvalue weighted by Gasteiger charge is 2.22. The number of benzene rings is 2. The molecule has 0 amide bonds. The van der Waals surface area contributed by atoms with E-state index in [9.17, 15) is 0 Å². The number of anilines is 2. The number of hydrogen-bond donors (Lipinski definition) is 3. The summed E-state index contributed by atoms with van der Waals surface area (Å²) in [6.45, 7) is 2.19. The molecule has 2 aromatic carbocycles. The minimum atomic E-state index is -4.92. The van der Waals surface area contributed by atoms with Crippen LogP contribution in [0.4, 0.5) is 22.7 Å². The summed E-state index contributed by atoms with van der Waals surface area (Å²) < 4.78 is 32.8. The molecular formula is C17H23N3O4S2. The summed E-state index contributed by atoms with van der Waals surface area (Å²) in [4.78, 5) is 4.70. The summed E-state index contributed by atoms with van der Waals surface area (Å²) in [5.41, 5.74) is 12.2. The quantitative estimate of drug-likeness (QED) is 0.352. The number of hydrogen-bond acceptors (Lipinski definition) is 6. The van der Waals surface area contributed by atoms with E-state index in [-0.39, 0.29) is 0 Å². The molecule has 0 saturated carbocycles. The first-order valence-electron chi connectivity index (χ1n) is 8.03. The Hall–Kier alpha value is -1.78. The lowest BCUT2D eigenvalue weighted by Crippen LogP contribution is -2.72. The van der Waals surface area contributed by atoms with Gasteiger partial charge in [0.05, 0.1) is 9.79 Å². The number of nitrogen functional groups attached to an aromatic ring is 1. The minimum absolute atomic E-state index is 0.920. The summed E-state index contributed by atoms with van der Waals surface area (Å²) in [5.74, 6) is 0. The summed E-state index contributed by atoms with van der Waals surface area (Å²) in [7, 11) is -0.774. The summed E-state index contributed by atoms with van der Waals surface area (Å²) in [6, 6.07) is 11.0. The highest BCUT2D eigenvalue weighted by Crippen LogP contribution is 2.42. The van der Waals surface area contributed by atoms with Crippen molar-refractivity contribution in [1.82, 2.24) is 0 Å². The van der Waals surface area contributed by atoms with Crippen LogP contribution in [0.15, 0.2) is 40.1 Å². The van der Waals surface area contributed by atoms with Crippen molar-refractivity contribution in [3.63, 3.8) is 0 Å². The number of nitrogens with zero attached hydrogens (tertiary/aromatic N) is 1. The molecule has 3 rings (SSSR count). The molecular weight excluding hydrogens is 374 g/mol. The Morgan fingerprint density at radius 1 is 1.19 bits per heavy atom. The second kappa shape index (κ2) is 8.28. The molecule has 0 saturated heterocycles. The normalized spacial score (nSPS) is 12.5. The van der Waals surface area contributed by atoms with Crippen LogP contribution in [0.3, 0.4) is 0 Å². The van der Waals surface area contributed by atoms with Gasteiger partial charge in [-0.1, -0.05) is 25.1 Å². The lowest BCUT2D eigenvalue weighted by molar-refractivity contribution is -0.485. The first-order chi connectivity index (χ1) is 12.1. The van der Waals surface area contributed by atoms with Gasteiger partial charge in [0.15, 0.2) is 0 Å². The summed E-state index contributed by atoms with van der Waals surface area (Å²) in [6.07, 6.45) is 2.17. The Labute approximate surface area is 158 Å². The zero-order valence-corrected chi connectivity index (χ0v) is 16.5. The van der Waals surface area contributed by atoms with E-state index < -0.39 is 10.4 Å². The predicted molar refractivity (Wildman–Crippen MR) is 103 cm³/mol. The van der Waals surface area contributed by atoms with Crippen molar-refractivity contribution in [3.05, 3.63) is 35.9 Å². The van der Waals surface area contributed by atoms with Crippen molar-refractivity contribution >= 4 is 44.9 Å². The number of aryl methyl sites for hydroxylation is 1. The molecule has 142 valence electrons. The van der Waals surface area contributed by atoms with Crippen molar-refractivity contribution < 1.29 is 22.8 Å². The van der Waals surface area contributed by atoms with Crippen LogP contribution < -0.4 is 16.0 Å². The van der Waals surface area contributed by atoms with Crippen molar-refractivity contribution in [1.29, 1.82) is 0 Å². The third-order valence-electron chi connectivity index (χ3n) is 3.84. The molecule has 0 aliphatic carbocycles. The Bertz CT molecular complexity index is 891. The fraction of sp³-hybridized carbons (Fsp3) is 0.294. The van der Waals surface area contributed by atoms with Gasteiger partial charge in [-0.15, -0.1) is 0 Å². The molecule has 5 N–H and O–H groups in total. The van der Waals surface area contributed by atoms with Crippen molar-refractivity contribution in [2.75, 3.05) is 24.7 Å². The van der Waals surface area contributed by atoms with Gasteiger partial charge in [-0.05, 0) is 30.2 Å². The van der Waals surface area contributed by atoms with Crippen molar-refractivity contribution in [2.24, 2.45) is 0 Å². The number of rotatable bonds is 3. The lowest BCUT2D eigenvalue weighted by atomic mass is 10.1. The number of quaternary nitrogens is 1. The number of nitrogens with two attached hydrogens (primary N) is 2. The van der Waals surface area contributed by atoms with E-state index in [2.05, 4.69) is 61.6 Å². The standard InChI is InChI=1S/C17H21N3S.H2O4S/c1-4-5-11-8-15-17(10-13(11)18)21-16-9-12(20(2)3)6-7-14(16)19-15;1-5(2,3)4/h6-10,19H,4-5,18H2,1-3H3;(H2,1,2,3,4). The topological polar surface area (TPSA) is 123 Å². The second-order valence-corrected chi connectivity index (χ2v) is 8.07. The van der Waals surface area contributed by atoms with Crippen LogP contribution in [-0.2, 0) is 16.8 Å². The molecule has 7 nitrogen and oxygen atoms in total. The van der Waals surface area contributed by atoms with Crippen LogP contribution >= 0.6 is 11.8 Å². The number of fused-ring (bicyclic) bond motifs is 2. The maximum Gasteiger partial charge on any atom is 0.215 e. The molecule has 0 bridgehead atoms. The van der Waals surface area contributed by atoms with E-state index >= 15 is 0 Å². The van der Waals surface area contributed by atoms with Gasteiger partial charge in [0, 0.05) is 37.6 Å². The van der Waals surface area contributed by atoms with E-state index in [1.54, 1.807) is 0 Å². The molecule has 9 heteroatoms. The first kappa shape index (κ1) is 20.5. The van der Waals surface area contributed by atoms with Crippen LogP contribution in [0.25, 0.3) is 0 Å². The second-order valence-electron chi connectivity index (χ2n) is 6.13. The molecule has 1 heterocycles. The molecule has 0 spiro atoms. The van der Waals surface area contributed by atoms with Crippen LogP contribution in [0.2, 0.25) is 0 Å². The molecule has 1 aliphatic heterocycles. The fourth-order valence-corrected chi connectivity index (χ4v) is 3.72. The summed E-state index contributed by atoms with van der Waals surface area (Å²) in [5, 5.41) is 2.28. The minimum Gasteiger partial charge on any atom is -0.726 e. The van der Waals surface area contributed by atoms with E-state index in [4.69, 9.17) is 23.3 Å². The van der Waals surface area contributed by atoms with Gasteiger partial charge in [0.1, 0.15) is 11.4 Å². The van der Waals surface area contributed by atoms with Crippen LogP contribution in [0.1, 0.15) is 18.9 Å². The summed E-state index contributed by atoms with van der Waals surface area (Å²) >= 11 is 1.82. The highest BCUT2D eigenvalue weighted by atomic mass is 32.3. The Kier molecular flexibility index (Phi) is 6.53. The van der Waals surface area contributed by atoms with Crippen LogP contribution in [0, 0.1) is 0 Å². The molecule has 0 fully saturated rings. The smallest absolute Gasteiger partial charge is 0.215 e. The zero-order valence-electron chi connectivity index (χ0n) is 14.9. The maximum absolute atomic E-state index is 8.63. The molecule has 26 heavy (non-hydrogen) atoms. The van der Waals surface area contributed by atoms with E-state index in [1.807, 2.05) is 11.8 Å². The van der Waals surface area contributed by atoms with E-state index in [0.29, 0.717) is 0 Å². The third-order valence-corrected chi connectivity index (χ3v) is 4.98. The molecule has 0 radical (unpaired) electrons. The van der Waals surface area contributed by atoms with E-state index in [1.165, 1.54) is 32.4 Å². The average Bonchev–Trinajstić information content (AvgIpc) is 2.52. The van der Waals surface area contributed by atoms with Gasteiger partial charge in [0.2, 0.25) is 10.4 Å². The monoisotopic (exact) mass is 397 g/mol. The van der Waals surface area contributed by atoms with Gasteiger partial charge in [-0.3, -0.25) is 9.87 Å². The molecule has 0 atom stereocenters. The van der Waals surface area contributed by atoms with Crippen LogP contribution in [0.5, 0.6) is 0 Å². The van der Waals surface area contributed by atoms with Gasteiger partial charge in [0.25, 0.3) is 0 Å². The third kappa shape index (κ3) is 5.61. The van der Waals surface area contributed by atoms with Crippen LogP contribution in [-0.4, -0.2) is 31.6 Å². The Morgan fingerprint density at radius 3 is 2.38 bits per heavy atom. The fourth-order valence-electron chi connectivity index (χ4n) is 2.64. The van der Waals surface area contributed by atoms with E-state index in [0.717, 1.165) is 18.5 Å². The van der Waals surface area contributed by atoms with Crippen molar-refractivity contribution in [2.45, 2.75) is 29.6 Å². The first-order valence-corrected chi connectivity index (χ1v) is 10.2. The van der Waals surface area contributed by atoms with Gasteiger partial charge in [-0.2, -0.15) is 0 Å². The van der Waals surface area contributed by atoms with Gasteiger partial charge in [-0.25, -0.2) is 8.42 Å². The largest absolute Gasteiger partial charge is 0.726 e. The maximum atomic E-state index is 8.63. The predicted octanol–water partition coefficient (Wildman–Crippen LogP) is 2.28.